The van der Waals surface area contributed by atoms with E-state index < -0.39 is 0 Å². The number of unbranched alkanes of at least 4 members (excludes halogenated alkanes) is 1. The van der Waals surface area contributed by atoms with Crippen molar-refractivity contribution in [3.8, 4) is 5.75 Å². The van der Waals surface area contributed by atoms with Gasteiger partial charge in [0.25, 0.3) is 0 Å². The van der Waals surface area contributed by atoms with E-state index in [1.807, 2.05) is 6.92 Å². The van der Waals surface area contributed by atoms with Crippen LogP contribution in [0, 0.1) is 31.0 Å². The smallest absolute Gasteiger partial charge is 0.494 e. The Labute approximate surface area is 360 Å². The number of ether oxygens (including phenoxy) is 2. The molecule has 1 aliphatic heterocycles. The zero-order valence-electron chi connectivity index (χ0n) is 35.1. The molecule has 52 heavy (non-hydrogen) atoms. The summed E-state index contributed by atoms with van der Waals surface area (Å²) in [5.74, 6) is 0.783. The number of ketones is 1. The molecule has 0 radical (unpaired) electrons. The SMILES string of the molecule is CCCOCCN(C)/C(C)=C(C(=O)CCC)/C(=C1/C=C(C)N=C(C2CC2)[CH-]1)N(CCCCN)CCC(C)(C)C.CCc1ccc(F)c(OC)c1.[CH3-].[K+]. The van der Waals surface area contributed by atoms with Crippen LogP contribution in [0.25, 0.3) is 0 Å². The second-order valence-corrected chi connectivity index (χ2v) is 14.8. The van der Waals surface area contributed by atoms with Crippen molar-refractivity contribution in [3.63, 3.8) is 0 Å². The average Bonchev–Trinajstić information content (AvgIpc) is 3.93. The maximum absolute atomic E-state index is 14.0. The van der Waals surface area contributed by atoms with Crippen LogP contribution >= 0.6 is 0 Å². The van der Waals surface area contributed by atoms with Crippen LogP contribution in [0.1, 0.15) is 112 Å². The number of hydrogen-bond acceptors (Lipinski definition) is 7. The first-order valence-electron chi connectivity index (χ1n) is 19.0. The molecular weight excluding hydrogens is 679 g/mol. The van der Waals surface area contributed by atoms with Crippen LogP contribution in [0.4, 0.5) is 4.39 Å². The van der Waals surface area contributed by atoms with Gasteiger partial charge in [0.2, 0.25) is 0 Å². The van der Waals surface area contributed by atoms with Crippen LogP contribution in [0.15, 0.2) is 57.5 Å². The number of likely N-dealkylation sites (N-methyl/N-ethyl adjacent to an activating group) is 1. The van der Waals surface area contributed by atoms with Gasteiger partial charge in [0.1, 0.15) is 0 Å². The number of methoxy groups -OCH3 is 1. The molecule has 1 fully saturated rings. The Hall–Kier alpha value is -1.46. The minimum absolute atomic E-state index is 0. The summed E-state index contributed by atoms with van der Waals surface area (Å²) >= 11 is 0. The molecular formula is C43H71FKN4O3-. The number of nitrogens with zero attached hydrogens (tertiary/aromatic N) is 3. The minimum atomic E-state index is -0.301. The molecule has 0 aromatic heterocycles. The number of benzene rings is 1. The number of aliphatic imine (C=N–C) groups is 1. The Morgan fingerprint density at radius 2 is 1.77 bits per heavy atom. The van der Waals surface area contributed by atoms with Gasteiger partial charge in [-0.1, -0.05) is 53.3 Å². The molecule has 1 heterocycles. The topological polar surface area (TPSA) is 80.4 Å². The van der Waals surface area contributed by atoms with Gasteiger partial charge in [-0.3, -0.25) is 9.79 Å². The van der Waals surface area contributed by atoms with Crippen molar-refractivity contribution in [2.75, 3.05) is 53.6 Å². The number of aryl methyl sites for hydroxylation is 1. The molecule has 290 valence electrons. The van der Waals surface area contributed by atoms with Crippen LogP contribution in [-0.2, 0) is 16.0 Å². The first-order valence-corrected chi connectivity index (χ1v) is 19.0. The summed E-state index contributed by atoms with van der Waals surface area (Å²) in [5, 5.41) is 0. The molecule has 0 atom stereocenters. The Kier molecular flexibility index (Phi) is 25.6. The van der Waals surface area contributed by atoms with Crippen molar-refractivity contribution in [2.45, 2.75) is 113 Å². The molecule has 1 aliphatic carbocycles. The summed E-state index contributed by atoms with van der Waals surface area (Å²) < 4.78 is 23.4. The number of hydrogen-bond donors (Lipinski definition) is 1. The fourth-order valence-corrected chi connectivity index (χ4v) is 5.74. The van der Waals surface area contributed by atoms with Gasteiger partial charge in [-0.2, -0.15) is 5.57 Å². The number of carbonyl (C=O) groups is 1. The summed E-state index contributed by atoms with van der Waals surface area (Å²) in [5.41, 5.74) is 13.4. The fraction of sp³-hybridized carbons (Fsp3) is 0.628. The maximum Gasteiger partial charge on any atom is 1.00 e. The number of halogens is 1. The van der Waals surface area contributed by atoms with Crippen LogP contribution < -0.4 is 61.9 Å². The van der Waals surface area contributed by atoms with Gasteiger partial charge in [-0.25, -0.2) is 4.39 Å². The summed E-state index contributed by atoms with van der Waals surface area (Å²) in [4.78, 5) is 23.6. The second-order valence-electron chi connectivity index (χ2n) is 14.8. The first-order chi connectivity index (χ1) is 23.8. The third-order valence-corrected chi connectivity index (χ3v) is 9.04. The van der Waals surface area contributed by atoms with Gasteiger partial charge >= 0.3 is 51.4 Å². The van der Waals surface area contributed by atoms with Crippen molar-refractivity contribution in [1.29, 1.82) is 0 Å². The summed E-state index contributed by atoms with van der Waals surface area (Å²) in [6.07, 6.45) is 13.1. The van der Waals surface area contributed by atoms with E-state index in [0.29, 0.717) is 31.2 Å². The van der Waals surface area contributed by atoms with Gasteiger partial charge in [0, 0.05) is 51.0 Å². The average molecular weight is 750 g/mol. The molecule has 7 nitrogen and oxygen atoms in total. The van der Waals surface area contributed by atoms with Gasteiger partial charge in [0.05, 0.1) is 13.7 Å². The van der Waals surface area contributed by atoms with E-state index in [1.54, 1.807) is 12.1 Å². The summed E-state index contributed by atoms with van der Waals surface area (Å²) in [6.45, 7) is 21.9. The van der Waals surface area contributed by atoms with E-state index >= 15 is 0 Å². The predicted octanol–water partition coefficient (Wildman–Crippen LogP) is 6.54. The van der Waals surface area contributed by atoms with Crippen LogP contribution in [0.3, 0.4) is 0 Å². The molecule has 2 N–H and O–H groups in total. The van der Waals surface area contributed by atoms with E-state index in [9.17, 15) is 9.18 Å². The van der Waals surface area contributed by atoms with Crippen LogP contribution in [0.5, 0.6) is 5.75 Å². The third kappa shape index (κ3) is 17.8. The number of allylic oxidation sites excluding steroid dienone is 5. The van der Waals surface area contributed by atoms with E-state index in [0.717, 1.165) is 98.6 Å². The molecule has 0 amide bonds. The molecule has 3 rings (SSSR count). The van der Waals surface area contributed by atoms with Crippen molar-refractivity contribution in [1.82, 2.24) is 9.80 Å². The Bertz CT molecular complexity index is 1340. The normalized spacial score (nSPS) is 15.3. The van der Waals surface area contributed by atoms with E-state index in [4.69, 9.17) is 20.2 Å². The molecule has 0 saturated heterocycles. The summed E-state index contributed by atoms with van der Waals surface area (Å²) in [7, 11) is 3.56. The standard InChI is InChI=1S/C33H57N4O2.C9H11FO.CH3.K/c1-9-13-30(38)31(26(4)36(8)20-22-39-21-10-2)32(28-23-25(3)35-29(24-28)27-14-15-27)37(18-12-11-17-34)19-16-33(5,6)7;1-3-7-4-5-8(10)9(6-7)11-2;;/h23-24,27H,9-22,34H2,1-8H3;4-6H,3H2,1-2H3;1H3;/q-1;;-1;+1/b31-26+,32-28+;;;. The molecule has 0 spiro atoms. The molecule has 9 heteroatoms. The van der Waals surface area contributed by atoms with Crippen molar-refractivity contribution in [3.05, 3.63) is 77.7 Å². The predicted molar refractivity (Wildman–Crippen MR) is 214 cm³/mol. The second kappa shape index (κ2) is 26.4. The van der Waals surface area contributed by atoms with Gasteiger partial charge in [-0.15, -0.1) is 12.5 Å². The minimum Gasteiger partial charge on any atom is -0.494 e. The third-order valence-electron chi connectivity index (χ3n) is 9.04. The van der Waals surface area contributed by atoms with Gasteiger partial charge in [0.15, 0.2) is 17.3 Å². The molecule has 0 unspecified atom stereocenters. The molecule has 1 aromatic rings. The van der Waals surface area contributed by atoms with E-state index in [-0.39, 0.29) is 75.8 Å². The van der Waals surface area contributed by atoms with Crippen molar-refractivity contribution < 1.29 is 70.0 Å². The Morgan fingerprint density at radius 3 is 2.33 bits per heavy atom. The van der Waals surface area contributed by atoms with Crippen LogP contribution in [-0.4, -0.2) is 74.8 Å². The van der Waals surface area contributed by atoms with Crippen LogP contribution in [0.2, 0.25) is 0 Å². The molecule has 1 aromatic carbocycles. The Morgan fingerprint density at radius 1 is 1.08 bits per heavy atom. The van der Waals surface area contributed by atoms with E-state index in [1.165, 1.54) is 31.7 Å². The van der Waals surface area contributed by atoms with Crippen molar-refractivity contribution >= 4 is 11.5 Å². The van der Waals surface area contributed by atoms with Crippen molar-refractivity contribution in [2.24, 2.45) is 22.1 Å². The fourth-order valence-electron chi connectivity index (χ4n) is 5.74. The number of carbonyl (C=O) groups excluding carboxylic acids is 1. The maximum atomic E-state index is 14.0. The Balaban J connectivity index is 0.00000171. The molecule has 1 saturated carbocycles. The zero-order valence-corrected chi connectivity index (χ0v) is 38.2. The monoisotopic (exact) mass is 750 g/mol. The zero-order chi connectivity index (χ0) is 37.3. The van der Waals surface area contributed by atoms with E-state index in [2.05, 4.69) is 77.8 Å². The molecule has 0 bridgehead atoms. The number of rotatable bonds is 20. The first kappa shape index (κ1) is 50.5. The number of Topliss-reactive ketones (excluding diaryl/α,β-unsaturated/α-hetero) is 1. The van der Waals surface area contributed by atoms with Gasteiger partial charge < -0.3 is 32.4 Å². The number of nitrogens with two attached hydrogens (primary N) is 1. The summed E-state index contributed by atoms with van der Waals surface area (Å²) in [6, 6.07) is 4.91. The largest absolute Gasteiger partial charge is 1.00 e. The quantitative estimate of drug-likeness (QED) is 0.0706. The van der Waals surface area contributed by atoms with Gasteiger partial charge in [-0.05, 0) is 112 Å². The molecule has 2 aliphatic rings.